The predicted octanol–water partition coefficient (Wildman–Crippen LogP) is 27.7. The summed E-state index contributed by atoms with van der Waals surface area (Å²) >= 11 is 0. The van der Waals surface area contributed by atoms with Crippen LogP contribution in [-0.4, -0.2) is 20.4 Å². The number of hydrogen-bond donors (Lipinski definition) is 0. The molecule has 0 amide bonds. The lowest BCUT2D eigenvalue weighted by Gasteiger charge is -2.45. The summed E-state index contributed by atoms with van der Waals surface area (Å²) in [4.78, 5) is 4.76. The van der Waals surface area contributed by atoms with Crippen molar-refractivity contribution in [2.75, 3.05) is 9.80 Å². The molecule has 0 atom stereocenters. The van der Waals surface area contributed by atoms with E-state index in [0.29, 0.717) is 11.4 Å². The average Bonchev–Trinajstić information content (AvgIpc) is 0.850. The van der Waals surface area contributed by atoms with E-state index >= 15 is 0 Å². The lowest BCUT2D eigenvalue weighted by Crippen LogP contribution is -2.61. The predicted molar refractivity (Wildman–Crippen MR) is 497 cm³/mol. The molecule has 116 heavy (non-hydrogen) atoms. The van der Waals surface area contributed by atoms with Gasteiger partial charge in [0.05, 0.1) is 61.0 Å². The second kappa shape index (κ2) is 26.3. The minimum absolute atomic E-state index is 0.0298. The fraction of sp³-hybridized carbons (Fsp3) is 0.220. The van der Waals surface area contributed by atoms with E-state index in [1.807, 2.05) is 6.07 Å². The van der Waals surface area contributed by atoms with Crippen molar-refractivity contribution in [1.29, 1.82) is 5.26 Å². The van der Waals surface area contributed by atoms with E-state index in [1.165, 1.54) is 44.2 Å². The molecule has 0 saturated carbocycles. The number of hydrogen-bond acceptors (Lipinski definition) is 3. The van der Waals surface area contributed by atoms with Crippen molar-refractivity contribution < 1.29 is 11.0 Å². The Kier molecular flexibility index (Phi) is 14.7. The zero-order valence-corrected chi connectivity index (χ0v) is 69.8. The minimum atomic E-state index is -0.536. The molecule has 2 aliphatic rings. The van der Waals surface area contributed by atoms with Crippen LogP contribution < -0.4 is 26.2 Å². The third kappa shape index (κ3) is 12.2. The van der Waals surface area contributed by atoms with Crippen LogP contribution in [0.3, 0.4) is 0 Å². The zero-order valence-electron chi connectivity index (χ0n) is 77.8. The first kappa shape index (κ1) is 65.0. The molecule has 0 fully saturated rings. The van der Waals surface area contributed by atoms with E-state index in [2.05, 4.69) is 368 Å². The Bertz CT molecular complexity index is 7180. The Balaban J connectivity index is 1.01. The van der Waals surface area contributed by atoms with Gasteiger partial charge in [-0.15, -0.1) is 0 Å². The number of nitriles is 1. The van der Waals surface area contributed by atoms with Gasteiger partial charge in [-0.25, -0.2) is 0 Å². The number of fused-ring (bicyclic) bond motifs is 13. The van der Waals surface area contributed by atoms with Gasteiger partial charge in [-0.3, -0.25) is 0 Å². The molecule has 17 aromatic rings. The van der Waals surface area contributed by atoms with Crippen LogP contribution in [0.2, 0.25) is 0 Å². The van der Waals surface area contributed by atoms with Crippen LogP contribution in [0.4, 0.5) is 34.1 Å². The maximum Gasteiger partial charge on any atom is 0.252 e. The molecule has 3 aromatic heterocycles. The Morgan fingerprint density at radius 3 is 1.08 bits per heavy atom. The molecule has 0 spiro atoms. The summed E-state index contributed by atoms with van der Waals surface area (Å²) < 4.78 is 82.1. The lowest BCUT2D eigenvalue weighted by atomic mass is 9.33. The van der Waals surface area contributed by atoms with Gasteiger partial charge in [0.15, 0.2) is 0 Å². The molecule has 7 heteroatoms. The summed E-state index contributed by atoms with van der Waals surface area (Å²) in [6.07, 6.45) is 0. The SMILES string of the molecule is [2H]c1c([2H])c([2H])c2c(c1[2H])c1c([2H])c([2H])c([2H])c([2H])c1n2-c1ccc(C#N)c(N2c3cc(-c4cc(C(C)(C)C)cc(C(C)(C)C)c4)ccc3B3c4ccc(-n5c6ccc(C(C)(C)C)cc6c6cc(C(C)(C)C)ccc65)cc4N(c4cc(-c5ccccc5)cc(-c5ccccc5)c4)c4cc(-n5c6ccc(C(C)(C)C)cc6c6cc(C(C)(C)C)ccc65)cc2c43)c1. The molecule has 570 valence electrons. The fourth-order valence-corrected chi connectivity index (χ4v) is 18.0. The van der Waals surface area contributed by atoms with Crippen molar-refractivity contribution in [3.63, 3.8) is 0 Å². The molecule has 0 N–H and O–H groups in total. The van der Waals surface area contributed by atoms with E-state index in [-0.39, 0.29) is 59.9 Å². The van der Waals surface area contributed by atoms with E-state index in [0.717, 1.165) is 122 Å². The van der Waals surface area contributed by atoms with Gasteiger partial charge < -0.3 is 23.5 Å². The van der Waals surface area contributed by atoms with Gasteiger partial charge >= 0.3 is 0 Å². The van der Waals surface area contributed by atoms with Crippen molar-refractivity contribution in [1.82, 2.24) is 13.7 Å². The van der Waals surface area contributed by atoms with E-state index in [4.69, 9.17) is 2.74 Å². The second-order valence-corrected chi connectivity index (χ2v) is 38.5. The van der Waals surface area contributed by atoms with Gasteiger partial charge in [-0.1, -0.05) is 282 Å². The molecule has 6 nitrogen and oxygen atoms in total. The van der Waals surface area contributed by atoms with Crippen LogP contribution in [-0.2, 0) is 32.5 Å². The normalized spacial score (nSPS) is 14.3. The van der Waals surface area contributed by atoms with E-state index in [1.54, 1.807) is 16.7 Å². The van der Waals surface area contributed by atoms with Crippen LogP contribution in [0.25, 0.3) is 116 Å². The maximum atomic E-state index is 12.3. The Morgan fingerprint density at radius 1 is 0.267 bits per heavy atom. The van der Waals surface area contributed by atoms with Crippen molar-refractivity contribution in [3.05, 3.63) is 324 Å². The first-order valence-electron chi connectivity index (χ1n) is 44.8. The second-order valence-electron chi connectivity index (χ2n) is 38.5. The molecule has 5 heterocycles. The van der Waals surface area contributed by atoms with Gasteiger partial charge in [0, 0.05) is 72.1 Å². The fourth-order valence-electron chi connectivity index (χ4n) is 18.0. The summed E-state index contributed by atoms with van der Waals surface area (Å²) in [5, 5.41) is 16.8. The standard InChI is InChI=1S/C109H101BN6/c1-104(2,3)74-39-47-94-86(58-74)87-59-75(105(4,5)6)40-48-95(87)113(94)81-44-46-91-100(63-81)115(82-54-71(67-29-21-19-22-30-67)51-72(55-82)68-31-23-20-24-32-68)101-64-83(114-96-49-41-76(106(7,8)9)60-88(96)89-61-77(107(10,11)12)42-50-97(89)114)65-102-103(101)110(91)90-45-38-69(73-52-78(108(13,14)15)57-79(53-73)109(16,17)18)56-99(90)116(102)98-62-80(43-37-70(98)66-111)112-92-35-27-25-33-84(92)85-34-26-28-36-93(85)112/h19-65H,1-18H3/i25D,26D,27D,28D,33D,34D,35D,36D. The molecular formula is C109H101BN6. The summed E-state index contributed by atoms with van der Waals surface area (Å²) in [5.74, 6) is 0. The molecule has 0 unspecified atom stereocenters. The van der Waals surface area contributed by atoms with Crippen LogP contribution in [0.15, 0.2) is 285 Å². The number of para-hydroxylation sites is 2. The monoisotopic (exact) mass is 1510 g/mol. The molecule has 14 aromatic carbocycles. The highest BCUT2D eigenvalue weighted by atomic mass is 15.2. The highest BCUT2D eigenvalue weighted by molar-refractivity contribution is 7.00. The number of benzene rings is 14. The molecule has 0 saturated heterocycles. The average molecular weight is 1510 g/mol. The molecule has 2 aliphatic heterocycles. The zero-order chi connectivity index (χ0) is 87.7. The van der Waals surface area contributed by atoms with Gasteiger partial charge in [0.25, 0.3) is 6.71 Å². The topological polar surface area (TPSA) is 45.1 Å². The molecule has 0 aliphatic carbocycles. The summed E-state index contributed by atoms with van der Waals surface area (Å²) in [6.45, 7) is 40.4. The van der Waals surface area contributed by atoms with Crippen molar-refractivity contribution in [3.8, 4) is 56.5 Å². The van der Waals surface area contributed by atoms with Crippen molar-refractivity contribution in [2.45, 2.75) is 157 Å². The van der Waals surface area contributed by atoms with Crippen LogP contribution >= 0.6 is 0 Å². The molecule has 0 radical (unpaired) electrons. The highest BCUT2D eigenvalue weighted by Crippen LogP contribution is 2.52. The van der Waals surface area contributed by atoms with Crippen LogP contribution in [0.5, 0.6) is 0 Å². The number of nitrogens with zero attached hydrogens (tertiary/aromatic N) is 6. The van der Waals surface area contributed by atoms with Gasteiger partial charge in [-0.05, 0) is 243 Å². The lowest BCUT2D eigenvalue weighted by molar-refractivity contribution is 0.569. The van der Waals surface area contributed by atoms with Crippen LogP contribution in [0, 0.1) is 11.3 Å². The Morgan fingerprint density at radius 2 is 0.638 bits per heavy atom. The third-order valence-electron chi connectivity index (χ3n) is 24.6. The van der Waals surface area contributed by atoms with Crippen molar-refractivity contribution >= 4 is 123 Å². The maximum absolute atomic E-state index is 12.3. The Labute approximate surface area is 695 Å². The number of anilines is 6. The van der Waals surface area contributed by atoms with E-state index < -0.39 is 55.1 Å². The molecular weight excluding hydrogens is 1400 g/mol. The number of rotatable bonds is 8. The van der Waals surface area contributed by atoms with E-state index in [9.17, 15) is 13.5 Å². The van der Waals surface area contributed by atoms with Gasteiger partial charge in [0.2, 0.25) is 0 Å². The third-order valence-corrected chi connectivity index (χ3v) is 24.6. The Hall–Kier alpha value is -12.4. The van der Waals surface area contributed by atoms with Crippen molar-refractivity contribution in [2.24, 2.45) is 0 Å². The first-order valence-corrected chi connectivity index (χ1v) is 40.8. The quantitative estimate of drug-likeness (QED) is 0.142. The number of aromatic nitrogens is 3. The largest absolute Gasteiger partial charge is 0.311 e. The summed E-state index contributed by atoms with van der Waals surface area (Å²) in [7, 11) is 0. The van der Waals surface area contributed by atoms with Crippen LogP contribution in [0.1, 0.15) is 175 Å². The molecule has 0 bridgehead atoms. The summed E-state index contributed by atoms with van der Waals surface area (Å²) in [6, 6.07) is 86.1. The summed E-state index contributed by atoms with van der Waals surface area (Å²) in [5.41, 5.74) is 26.2. The highest BCUT2D eigenvalue weighted by Gasteiger charge is 2.46. The first-order chi connectivity index (χ1) is 58.6. The van der Waals surface area contributed by atoms with Gasteiger partial charge in [-0.2, -0.15) is 5.26 Å². The minimum Gasteiger partial charge on any atom is -0.311 e. The van der Waals surface area contributed by atoms with Gasteiger partial charge in [0.1, 0.15) is 6.07 Å². The smallest absolute Gasteiger partial charge is 0.252 e. The molecule has 19 rings (SSSR count).